The van der Waals surface area contributed by atoms with Crippen molar-refractivity contribution < 1.29 is 9.53 Å². The van der Waals surface area contributed by atoms with Crippen LogP contribution < -0.4 is 10.6 Å². The number of halogens is 1. The van der Waals surface area contributed by atoms with Crippen molar-refractivity contribution >= 4 is 45.0 Å². The van der Waals surface area contributed by atoms with Crippen molar-refractivity contribution in [1.29, 1.82) is 0 Å². The molecule has 3 rings (SSSR count). The molecular weight excluding hydrogens is 346 g/mol. The molecule has 1 saturated heterocycles. The predicted octanol–water partition coefficient (Wildman–Crippen LogP) is 3.58. The zero-order chi connectivity index (χ0) is 16.1. The summed E-state index contributed by atoms with van der Waals surface area (Å²) in [7, 11) is 1.68. The molecule has 0 unspecified atom stereocenters. The van der Waals surface area contributed by atoms with Gasteiger partial charge in [-0.3, -0.25) is 4.79 Å². The molecule has 1 amide bonds. The average Bonchev–Trinajstić information content (AvgIpc) is 2.97. The minimum absolute atomic E-state index is 0. The number of aromatic nitrogens is 1. The van der Waals surface area contributed by atoms with Crippen LogP contribution in [0.4, 0.5) is 5.13 Å². The summed E-state index contributed by atoms with van der Waals surface area (Å²) in [6, 6.07) is 6.03. The SMILES string of the molecule is COCc1cccc2sc(NC(=O)CCC3CCNCC3)nc12.Cl. The van der Waals surface area contributed by atoms with Gasteiger partial charge in [0.25, 0.3) is 0 Å². The molecule has 1 aromatic carbocycles. The Labute approximate surface area is 152 Å². The van der Waals surface area contributed by atoms with Crippen molar-refractivity contribution in [3.05, 3.63) is 23.8 Å². The quantitative estimate of drug-likeness (QED) is 0.816. The lowest BCUT2D eigenvalue weighted by molar-refractivity contribution is -0.116. The molecule has 1 fully saturated rings. The summed E-state index contributed by atoms with van der Waals surface area (Å²) in [5.41, 5.74) is 1.98. The van der Waals surface area contributed by atoms with Crippen molar-refractivity contribution in [2.45, 2.75) is 32.3 Å². The predicted molar refractivity (Wildman–Crippen MR) is 101 cm³/mol. The van der Waals surface area contributed by atoms with E-state index in [4.69, 9.17) is 4.74 Å². The summed E-state index contributed by atoms with van der Waals surface area (Å²) in [5.74, 6) is 0.738. The van der Waals surface area contributed by atoms with Gasteiger partial charge in [-0.25, -0.2) is 4.98 Å². The van der Waals surface area contributed by atoms with Crippen molar-refractivity contribution in [3.63, 3.8) is 0 Å². The smallest absolute Gasteiger partial charge is 0.226 e. The van der Waals surface area contributed by atoms with E-state index in [0.717, 1.165) is 35.3 Å². The highest BCUT2D eigenvalue weighted by Crippen LogP contribution is 2.29. The lowest BCUT2D eigenvalue weighted by Crippen LogP contribution is -2.28. The number of methoxy groups -OCH3 is 1. The zero-order valence-electron chi connectivity index (χ0n) is 13.8. The number of carbonyl (C=O) groups is 1. The normalized spacial score (nSPS) is 15.2. The van der Waals surface area contributed by atoms with Crippen LogP contribution in [0, 0.1) is 5.92 Å². The number of hydrogen-bond donors (Lipinski definition) is 2. The van der Waals surface area contributed by atoms with Gasteiger partial charge in [-0.2, -0.15) is 0 Å². The second-order valence-electron chi connectivity index (χ2n) is 6.00. The van der Waals surface area contributed by atoms with Crippen molar-refractivity contribution in [2.75, 3.05) is 25.5 Å². The standard InChI is InChI=1S/C17H23N3O2S.ClH/c1-22-11-13-3-2-4-14-16(13)20-17(23-14)19-15(21)6-5-12-7-9-18-10-8-12;/h2-4,12,18H,5-11H2,1H3,(H,19,20,21);1H. The van der Waals surface area contributed by atoms with E-state index in [1.165, 1.54) is 24.2 Å². The van der Waals surface area contributed by atoms with Crippen LogP contribution in [-0.4, -0.2) is 31.1 Å². The Bertz CT molecular complexity index is 671. The van der Waals surface area contributed by atoms with Gasteiger partial charge in [0.1, 0.15) is 0 Å². The lowest BCUT2D eigenvalue weighted by atomic mass is 9.93. The molecule has 0 spiro atoms. The molecule has 0 radical (unpaired) electrons. The lowest BCUT2D eigenvalue weighted by Gasteiger charge is -2.21. The maximum absolute atomic E-state index is 12.2. The molecule has 0 saturated carbocycles. The fourth-order valence-electron chi connectivity index (χ4n) is 3.02. The topological polar surface area (TPSA) is 63.2 Å². The summed E-state index contributed by atoms with van der Waals surface area (Å²) >= 11 is 1.52. The number of benzene rings is 1. The molecule has 0 aliphatic carbocycles. The summed E-state index contributed by atoms with van der Waals surface area (Å²) in [6.45, 7) is 2.68. The number of nitrogens with zero attached hydrogens (tertiary/aromatic N) is 1. The van der Waals surface area contributed by atoms with Gasteiger partial charge in [0.2, 0.25) is 5.91 Å². The molecular formula is C17H24ClN3O2S. The molecule has 1 aromatic heterocycles. The summed E-state index contributed by atoms with van der Waals surface area (Å²) in [4.78, 5) is 16.7. The fourth-order valence-corrected chi connectivity index (χ4v) is 3.95. The first-order chi connectivity index (χ1) is 11.3. The van der Waals surface area contributed by atoms with E-state index in [2.05, 4.69) is 15.6 Å². The number of nitrogens with one attached hydrogen (secondary N) is 2. The van der Waals surface area contributed by atoms with E-state index < -0.39 is 0 Å². The Morgan fingerprint density at radius 1 is 1.42 bits per heavy atom. The fraction of sp³-hybridized carbons (Fsp3) is 0.529. The van der Waals surface area contributed by atoms with Crippen LogP contribution in [-0.2, 0) is 16.1 Å². The average molecular weight is 370 g/mol. The Hall–Kier alpha value is -1.21. The zero-order valence-corrected chi connectivity index (χ0v) is 15.5. The van der Waals surface area contributed by atoms with E-state index in [9.17, 15) is 4.79 Å². The molecule has 7 heteroatoms. The van der Waals surface area contributed by atoms with Crippen LogP contribution >= 0.6 is 23.7 Å². The monoisotopic (exact) mass is 369 g/mol. The highest BCUT2D eigenvalue weighted by Gasteiger charge is 2.15. The van der Waals surface area contributed by atoms with Gasteiger partial charge < -0.3 is 15.4 Å². The van der Waals surface area contributed by atoms with Gasteiger partial charge >= 0.3 is 0 Å². The maximum atomic E-state index is 12.2. The number of amides is 1. The number of anilines is 1. The molecule has 24 heavy (non-hydrogen) atoms. The second kappa shape index (κ2) is 9.32. The van der Waals surface area contributed by atoms with Gasteiger partial charge in [0.05, 0.1) is 16.8 Å². The van der Waals surface area contributed by atoms with Crippen LogP contribution in [0.25, 0.3) is 10.2 Å². The molecule has 2 aromatic rings. The largest absolute Gasteiger partial charge is 0.380 e. The Balaban J connectivity index is 0.00000208. The Kier molecular flexibility index (Phi) is 7.42. The highest BCUT2D eigenvalue weighted by atomic mass is 35.5. The third-order valence-corrected chi connectivity index (χ3v) is 5.22. The first-order valence-electron chi connectivity index (χ1n) is 8.14. The van der Waals surface area contributed by atoms with E-state index in [1.54, 1.807) is 7.11 Å². The van der Waals surface area contributed by atoms with Crippen molar-refractivity contribution in [2.24, 2.45) is 5.92 Å². The molecule has 2 N–H and O–H groups in total. The molecule has 0 bridgehead atoms. The number of thiazole rings is 1. The van der Waals surface area contributed by atoms with Gasteiger partial charge in [-0.1, -0.05) is 23.5 Å². The summed E-state index contributed by atoms with van der Waals surface area (Å²) < 4.78 is 6.28. The molecule has 2 heterocycles. The van der Waals surface area contributed by atoms with Gasteiger partial charge in [0, 0.05) is 19.1 Å². The van der Waals surface area contributed by atoms with E-state index in [0.29, 0.717) is 24.1 Å². The van der Waals surface area contributed by atoms with Crippen LogP contribution in [0.15, 0.2) is 18.2 Å². The van der Waals surface area contributed by atoms with Crippen LogP contribution in [0.5, 0.6) is 0 Å². The summed E-state index contributed by atoms with van der Waals surface area (Å²) in [5, 5.41) is 6.99. The van der Waals surface area contributed by atoms with Crippen LogP contribution in [0.2, 0.25) is 0 Å². The third-order valence-electron chi connectivity index (χ3n) is 4.29. The van der Waals surface area contributed by atoms with Gasteiger partial charge in [-0.15, -0.1) is 12.4 Å². The number of fused-ring (bicyclic) bond motifs is 1. The highest BCUT2D eigenvalue weighted by molar-refractivity contribution is 7.22. The Morgan fingerprint density at radius 2 is 2.21 bits per heavy atom. The second-order valence-corrected chi connectivity index (χ2v) is 7.03. The third kappa shape index (κ3) is 4.89. The number of rotatable bonds is 6. The number of para-hydroxylation sites is 1. The molecule has 0 atom stereocenters. The first-order valence-corrected chi connectivity index (χ1v) is 8.96. The molecule has 5 nitrogen and oxygen atoms in total. The van der Waals surface area contributed by atoms with Crippen molar-refractivity contribution in [3.8, 4) is 0 Å². The van der Waals surface area contributed by atoms with Crippen LogP contribution in [0.1, 0.15) is 31.2 Å². The van der Waals surface area contributed by atoms with Gasteiger partial charge in [-0.05, 0) is 44.3 Å². The van der Waals surface area contributed by atoms with Crippen LogP contribution in [0.3, 0.4) is 0 Å². The minimum atomic E-state index is 0. The number of carbonyl (C=O) groups excluding carboxylic acids is 1. The van der Waals surface area contributed by atoms with Crippen molar-refractivity contribution in [1.82, 2.24) is 10.3 Å². The van der Waals surface area contributed by atoms with Gasteiger partial charge in [0.15, 0.2) is 5.13 Å². The first kappa shape index (κ1) is 19.1. The minimum Gasteiger partial charge on any atom is -0.380 e. The van der Waals surface area contributed by atoms with E-state index in [1.807, 2.05) is 18.2 Å². The summed E-state index contributed by atoms with van der Waals surface area (Å²) in [6.07, 6.45) is 3.89. The molecule has 132 valence electrons. The number of piperidine rings is 1. The Morgan fingerprint density at radius 3 is 2.96 bits per heavy atom. The molecule has 1 aliphatic heterocycles. The van der Waals surface area contributed by atoms with E-state index in [-0.39, 0.29) is 18.3 Å². The maximum Gasteiger partial charge on any atom is 0.226 e. The molecule has 1 aliphatic rings. The number of ether oxygens (including phenoxy) is 1. The van der Waals surface area contributed by atoms with E-state index >= 15 is 0 Å². The number of hydrogen-bond acceptors (Lipinski definition) is 5.